The molecule has 1 aromatic heterocycles. The molecule has 0 radical (unpaired) electrons. The van der Waals surface area contributed by atoms with Gasteiger partial charge >= 0.3 is 5.97 Å². The van der Waals surface area contributed by atoms with Crippen LogP contribution in [0.15, 0.2) is 72.1 Å². The number of anilines is 1. The Hall–Kier alpha value is -3.72. The van der Waals surface area contributed by atoms with Crippen LogP contribution in [0.3, 0.4) is 0 Å². The third kappa shape index (κ3) is 4.79. The van der Waals surface area contributed by atoms with Crippen LogP contribution < -0.4 is 4.90 Å². The molecule has 0 fully saturated rings. The molecule has 0 N–H and O–H groups in total. The number of carbonyl (C=O) groups excluding carboxylic acids is 2. The molecule has 1 unspecified atom stereocenters. The highest BCUT2D eigenvalue weighted by molar-refractivity contribution is 7.94. The van der Waals surface area contributed by atoms with E-state index in [0.717, 1.165) is 11.1 Å². The Bertz CT molecular complexity index is 1360. The van der Waals surface area contributed by atoms with Crippen molar-refractivity contribution in [2.24, 2.45) is 0 Å². The van der Waals surface area contributed by atoms with Crippen LogP contribution in [0.4, 0.5) is 10.1 Å². The summed E-state index contributed by atoms with van der Waals surface area (Å²) in [5, 5.41) is 1.09. The zero-order chi connectivity index (χ0) is 24.5. The average molecular weight is 483 g/mol. The van der Waals surface area contributed by atoms with Gasteiger partial charge in [0.1, 0.15) is 5.82 Å². The van der Waals surface area contributed by atoms with Gasteiger partial charge in [0.25, 0.3) is 5.91 Å². The first-order valence-corrected chi connectivity index (χ1v) is 12.3. The van der Waals surface area contributed by atoms with Crippen molar-refractivity contribution in [2.75, 3.05) is 17.3 Å². The van der Waals surface area contributed by atoms with Crippen molar-refractivity contribution in [3.63, 3.8) is 0 Å². The number of hydrogen-bond donors (Lipinski definition) is 0. The maximum atomic E-state index is 13.3. The van der Waals surface area contributed by atoms with E-state index in [1.807, 2.05) is 6.92 Å². The minimum atomic E-state index is -3.40. The van der Waals surface area contributed by atoms with Gasteiger partial charge in [0.15, 0.2) is 16.4 Å². The molecule has 9 heteroatoms. The van der Waals surface area contributed by atoms with E-state index in [2.05, 4.69) is 0 Å². The predicted molar refractivity (Wildman–Crippen MR) is 126 cm³/mol. The lowest BCUT2D eigenvalue weighted by molar-refractivity contribution is -0.121. The zero-order valence-electron chi connectivity index (χ0n) is 18.6. The number of amides is 1. The van der Waals surface area contributed by atoms with Crippen molar-refractivity contribution in [2.45, 2.75) is 19.9 Å². The van der Waals surface area contributed by atoms with Crippen LogP contribution in [-0.4, -0.2) is 43.3 Å². The highest BCUT2D eigenvalue weighted by atomic mass is 32.2. The average Bonchev–Trinajstić information content (AvgIpc) is 3.31. The van der Waals surface area contributed by atoms with Gasteiger partial charge in [-0.1, -0.05) is 18.2 Å². The van der Waals surface area contributed by atoms with Gasteiger partial charge in [-0.25, -0.2) is 17.6 Å². The molecular formula is C25H23FN2O5S. The number of para-hydroxylation sites is 1. The summed E-state index contributed by atoms with van der Waals surface area (Å²) in [5.41, 5.74) is 2.81. The fourth-order valence-electron chi connectivity index (χ4n) is 4.06. The van der Waals surface area contributed by atoms with Crippen LogP contribution in [0.5, 0.6) is 0 Å². The summed E-state index contributed by atoms with van der Waals surface area (Å²) in [7, 11) is -3.40. The molecule has 1 aliphatic heterocycles. The fourth-order valence-corrected chi connectivity index (χ4v) is 5.33. The van der Waals surface area contributed by atoms with Crippen molar-refractivity contribution in [1.29, 1.82) is 0 Å². The van der Waals surface area contributed by atoms with Crippen molar-refractivity contribution >= 4 is 27.4 Å². The normalized spacial score (nSPS) is 16.4. The molecule has 0 spiro atoms. The quantitative estimate of drug-likeness (QED) is 0.500. The minimum Gasteiger partial charge on any atom is -0.452 e. The Kier molecular flexibility index (Phi) is 6.39. The molecule has 176 valence electrons. The first-order chi connectivity index (χ1) is 16.2. The molecule has 34 heavy (non-hydrogen) atoms. The van der Waals surface area contributed by atoms with E-state index in [4.69, 9.17) is 4.74 Å². The van der Waals surface area contributed by atoms with Crippen LogP contribution in [0.25, 0.3) is 5.69 Å². The van der Waals surface area contributed by atoms with Crippen molar-refractivity contribution in [3.05, 3.63) is 94.9 Å². The number of halogens is 1. The summed E-state index contributed by atoms with van der Waals surface area (Å²) in [6.45, 7) is 2.99. The van der Waals surface area contributed by atoms with Crippen molar-refractivity contribution < 1.29 is 27.1 Å². The molecule has 1 aliphatic rings. The lowest BCUT2D eigenvalue weighted by Crippen LogP contribution is -2.43. The van der Waals surface area contributed by atoms with Gasteiger partial charge in [-0.2, -0.15) is 0 Å². The zero-order valence-corrected chi connectivity index (χ0v) is 19.5. The summed E-state index contributed by atoms with van der Waals surface area (Å²) >= 11 is 0. The smallest absolute Gasteiger partial charge is 0.340 e. The van der Waals surface area contributed by atoms with Gasteiger partial charge in [0, 0.05) is 28.2 Å². The number of carbonyl (C=O) groups is 2. The second kappa shape index (κ2) is 9.26. The van der Waals surface area contributed by atoms with Crippen LogP contribution in [-0.2, 0) is 19.4 Å². The molecule has 1 atom stereocenters. The maximum absolute atomic E-state index is 13.3. The molecular weight excluding hydrogens is 459 g/mol. The summed E-state index contributed by atoms with van der Waals surface area (Å²) in [6.07, 6.45) is 1.46. The van der Waals surface area contributed by atoms with Crippen LogP contribution in [0.1, 0.15) is 21.7 Å². The highest BCUT2D eigenvalue weighted by Crippen LogP contribution is 2.24. The fraction of sp³-hybridized carbons (Fsp3) is 0.200. The van der Waals surface area contributed by atoms with Gasteiger partial charge in [-0.15, -0.1) is 0 Å². The van der Waals surface area contributed by atoms with Gasteiger partial charge in [0.05, 0.1) is 17.4 Å². The molecule has 0 bridgehead atoms. The second-order valence-electron chi connectivity index (χ2n) is 8.00. The topological polar surface area (TPSA) is 85.7 Å². The summed E-state index contributed by atoms with van der Waals surface area (Å²) < 4.78 is 44.3. The number of ether oxygens (including phenoxy) is 1. The Labute approximate surface area is 197 Å². The summed E-state index contributed by atoms with van der Waals surface area (Å²) in [5.74, 6) is -1.83. The largest absolute Gasteiger partial charge is 0.452 e. The van der Waals surface area contributed by atoms with E-state index in [-0.39, 0.29) is 17.1 Å². The van der Waals surface area contributed by atoms with Crippen molar-refractivity contribution in [1.82, 2.24) is 4.57 Å². The number of esters is 1. The van der Waals surface area contributed by atoms with Crippen LogP contribution >= 0.6 is 0 Å². The molecule has 2 heterocycles. The monoisotopic (exact) mass is 482 g/mol. The van der Waals surface area contributed by atoms with E-state index in [0.29, 0.717) is 17.1 Å². The Morgan fingerprint density at radius 3 is 2.38 bits per heavy atom. The van der Waals surface area contributed by atoms with Gasteiger partial charge < -0.3 is 14.2 Å². The summed E-state index contributed by atoms with van der Waals surface area (Å²) in [6, 6.07) is 15.5. The number of rotatable bonds is 6. The standard InChI is InChI=1S/C25H23FN2O5S/c1-17-14-23(18(2)27(17)21-10-8-19(26)9-11-21)25(30)33-15-24(29)28(20-6-4-3-5-7-20)22-12-13-34(31,32)16-22/h3-14,22H,15-16H2,1-2H3. The third-order valence-corrected chi connectivity index (χ3v) is 6.99. The summed E-state index contributed by atoms with van der Waals surface area (Å²) in [4.78, 5) is 27.2. The first kappa shape index (κ1) is 23.4. The number of hydrogen-bond acceptors (Lipinski definition) is 5. The second-order valence-corrected chi connectivity index (χ2v) is 9.93. The minimum absolute atomic E-state index is 0.236. The molecule has 0 saturated heterocycles. The number of benzene rings is 2. The molecule has 4 rings (SSSR count). The third-order valence-electron chi connectivity index (χ3n) is 5.61. The molecule has 2 aromatic carbocycles. The molecule has 0 aliphatic carbocycles. The Morgan fingerprint density at radius 1 is 1.09 bits per heavy atom. The van der Waals surface area contributed by atoms with Gasteiger partial charge in [-0.3, -0.25) is 4.79 Å². The van der Waals surface area contributed by atoms with Gasteiger partial charge in [-0.05, 0) is 62.4 Å². The van der Waals surface area contributed by atoms with E-state index < -0.39 is 34.4 Å². The number of nitrogens with zero attached hydrogens (tertiary/aromatic N) is 2. The van der Waals surface area contributed by atoms with E-state index in [1.54, 1.807) is 60.0 Å². The van der Waals surface area contributed by atoms with E-state index in [9.17, 15) is 22.4 Å². The number of aromatic nitrogens is 1. The first-order valence-electron chi connectivity index (χ1n) is 10.6. The lowest BCUT2D eigenvalue weighted by atomic mass is 10.2. The van der Waals surface area contributed by atoms with E-state index in [1.165, 1.54) is 23.1 Å². The SMILES string of the molecule is Cc1cc(C(=O)OCC(=O)N(c2ccccc2)C2C=CS(=O)(=O)C2)c(C)n1-c1ccc(F)cc1. The van der Waals surface area contributed by atoms with Crippen molar-refractivity contribution in [3.8, 4) is 5.69 Å². The predicted octanol–water partition coefficient (Wildman–Crippen LogP) is 3.73. The number of sulfone groups is 1. The highest BCUT2D eigenvalue weighted by Gasteiger charge is 2.32. The Morgan fingerprint density at radius 2 is 1.76 bits per heavy atom. The molecule has 7 nitrogen and oxygen atoms in total. The van der Waals surface area contributed by atoms with Crippen LogP contribution in [0, 0.1) is 19.7 Å². The number of aryl methyl sites for hydroxylation is 1. The maximum Gasteiger partial charge on any atom is 0.340 e. The lowest BCUT2D eigenvalue weighted by Gasteiger charge is -2.27. The van der Waals surface area contributed by atoms with Crippen LogP contribution in [0.2, 0.25) is 0 Å². The molecule has 0 saturated carbocycles. The molecule has 1 amide bonds. The molecule has 3 aromatic rings. The van der Waals surface area contributed by atoms with E-state index >= 15 is 0 Å². The van der Waals surface area contributed by atoms with Gasteiger partial charge in [0.2, 0.25) is 0 Å². The Balaban J connectivity index is 1.53.